The third-order valence-electron chi connectivity index (χ3n) is 2.95. The summed E-state index contributed by atoms with van der Waals surface area (Å²) >= 11 is 0. The van der Waals surface area contributed by atoms with Gasteiger partial charge in [0.05, 0.1) is 23.6 Å². The summed E-state index contributed by atoms with van der Waals surface area (Å²) in [4.78, 5) is 12.3. The average Bonchev–Trinajstić information content (AvgIpc) is 2.37. The molecule has 1 N–H and O–H groups in total. The second kappa shape index (κ2) is 6.48. The van der Waals surface area contributed by atoms with Crippen molar-refractivity contribution in [2.24, 2.45) is 0 Å². The number of anilines is 1. The molecular weight excluding hydrogens is 285 g/mol. The highest BCUT2D eigenvalue weighted by molar-refractivity contribution is 5.88. The number of carboxylic acids is 1. The van der Waals surface area contributed by atoms with Crippen LogP contribution >= 0.6 is 0 Å². The molecule has 4 nitrogen and oxygen atoms in total. The highest BCUT2D eigenvalue weighted by Gasteiger charge is 2.36. The molecule has 0 fully saturated rings. The fraction of sp³-hybridized carbons (Fsp3) is 0.429. The summed E-state index contributed by atoms with van der Waals surface area (Å²) in [6.07, 6.45) is -4.59. The first-order chi connectivity index (χ1) is 9.68. The van der Waals surface area contributed by atoms with Crippen molar-refractivity contribution in [1.29, 1.82) is 5.26 Å². The van der Waals surface area contributed by atoms with E-state index in [2.05, 4.69) is 0 Å². The summed E-state index contributed by atoms with van der Waals surface area (Å²) in [5.41, 5.74) is -1.54. The van der Waals surface area contributed by atoms with Crippen molar-refractivity contribution < 1.29 is 23.1 Å². The minimum Gasteiger partial charge on any atom is -0.478 e. The van der Waals surface area contributed by atoms with E-state index in [9.17, 15) is 18.0 Å². The van der Waals surface area contributed by atoms with Crippen LogP contribution in [0.5, 0.6) is 0 Å². The van der Waals surface area contributed by atoms with Gasteiger partial charge in [-0.2, -0.15) is 18.4 Å². The maximum atomic E-state index is 13.2. The first-order valence-electron chi connectivity index (χ1n) is 6.26. The maximum absolute atomic E-state index is 13.2. The van der Waals surface area contributed by atoms with Gasteiger partial charge >= 0.3 is 12.1 Å². The lowest BCUT2D eigenvalue weighted by Gasteiger charge is -2.30. The number of rotatable bonds is 5. The molecule has 0 aliphatic carbocycles. The number of carbonyl (C=O) groups is 1. The van der Waals surface area contributed by atoms with Crippen molar-refractivity contribution in [2.45, 2.75) is 32.5 Å². The molecule has 0 amide bonds. The lowest BCUT2D eigenvalue weighted by Crippen LogP contribution is -2.33. The number of hydrogen-bond donors (Lipinski definition) is 1. The third-order valence-corrected chi connectivity index (χ3v) is 2.95. The lowest BCUT2D eigenvalue weighted by atomic mass is 10.1. The summed E-state index contributed by atoms with van der Waals surface area (Å²) in [6, 6.07) is 4.54. The van der Waals surface area contributed by atoms with E-state index in [1.807, 2.05) is 6.07 Å². The maximum Gasteiger partial charge on any atom is 0.418 e. The first-order valence-corrected chi connectivity index (χ1v) is 6.26. The van der Waals surface area contributed by atoms with Gasteiger partial charge in [0.15, 0.2) is 0 Å². The lowest BCUT2D eigenvalue weighted by molar-refractivity contribution is -0.137. The Labute approximate surface area is 120 Å². The van der Waals surface area contributed by atoms with Crippen LogP contribution in [0.4, 0.5) is 18.9 Å². The fourth-order valence-electron chi connectivity index (χ4n) is 1.97. The molecule has 0 atom stereocenters. The standard InChI is InChI=1S/C14H15F3N2O2/c1-9(2)19(7-3-6-18)12-5-4-10(13(20)21)8-11(12)14(15,16)17/h4-5,8-9H,3,7H2,1-2H3,(H,20,21). The minimum atomic E-state index is -4.67. The molecule has 0 unspecified atom stereocenters. The molecule has 0 saturated heterocycles. The topological polar surface area (TPSA) is 64.3 Å². The zero-order valence-electron chi connectivity index (χ0n) is 11.6. The summed E-state index contributed by atoms with van der Waals surface area (Å²) in [5, 5.41) is 17.4. The molecule has 1 aromatic rings. The average molecular weight is 300 g/mol. The summed E-state index contributed by atoms with van der Waals surface area (Å²) in [6.45, 7) is 3.56. The minimum absolute atomic E-state index is 0.0795. The van der Waals surface area contributed by atoms with E-state index in [0.29, 0.717) is 6.07 Å². The van der Waals surface area contributed by atoms with Crippen molar-refractivity contribution in [3.8, 4) is 6.07 Å². The van der Waals surface area contributed by atoms with Crippen molar-refractivity contribution in [2.75, 3.05) is 11.4 Å². The largest absolute Gasteiger partial charge is 0.478 e. The highest BCUT2D eigenvalue weighted by atomic mass is 19.4. The van der Waals surface area contributed by atoms with Crippen molar-refractivity contribution in [3.63, 3.8) is 0 Å². The highest BCUT2D eigenvalue weighted by Crippen LogP contribution is 2.38. The molecule has 21 heavy (non-hydrogen) atoms. The summed E-state index contributed by atoms with van der Waals surface area (Å²) in [7, 11) is 0. The number of alkyl halides is 3. The van der Waals surface area contributed by atoms with Crippen molar-refractivity contribution in [3.05, 3.63) is 29.3 Å². The van der Waals surface area contributed by atoms with Crippen LogP contribution in [0.15, 0.2) is 18.2 Å². The Morgan fingerprint density at radius 3 is 2.48 bits per heavy atom. The van der Waals surface area contributed by atoms with E-state index < -0.39 is 23.3 Å². The molecule has 1 aromatic carbocycles. The van der Waals surface area contributed by atoms with Crippen LogP contribution in [0.1, 0.15) is 36.2 Å². The number of halogens is 3. The number of nitriles is 1. The summed E-state index contributed by atoms with van der Waals surface area (Å²) < 4.78 is 39.5. The molecule has 0 heterocycles. The van der Waals surface area contributed by atoms with Crippen LogP contribution < -0.4 is 4.90 Å². The third kappa shape index (κ3) is 4.12. The van der Waals surface area contributed by atoms with Gasteiger partial charge in [0, 0.05) is 18.3 Å². The van der Waals surface area contributed by atoms with Crippen LogP contribution in [-0.4, -0.2) is 23.7 Å². The van der Waals surface area contributed by atoms with E-state index in [1.165, 1.54) is 4.90 Å². The van der Waals surface area contributed by atoms with Crippen LogP contribution in [-0.2, 0) is 6.18 Å². The molecule has 0 aliphatic heterocycles. The SMILES string of the molecule is CC(C)N(CCC#N)c1ccc(C(=O)O)cc1C(F)(F)F. The van der Waals surface area contributed by atoms with Gasteiger partial charge in [0.2, 0.25) is 0 Å². The quantitative estimate of drug-likeness (QED) is 0.903. The smallest absolute Gasteiger partial charge is 0.418 e. The Morgan fingerprint density at radius 2 is 2.05 bits per heavy atom. The van der Waals surface area contributed by atoms with E-state index in [4.69, 9.17) is 10.4 Å². The van der Waals surface area contributed by atoms with E-state index in [1.54, 1.807) is 13.8 Å². The Hall–Kier alpha value is -2.23. The van der Waals surface area contributed by atoms with Crippen LogP contribution in [0.3, 0.4) is 0 Å². The Bertz CT molecular complexity index is 562. The first kappa shape index (κ1) is 16.8. The zero-order chi connectivity index (χ0) is 16.2. The van der Waals surface area contributed by atoms with Gasteiger partial charge < -0.3 is 10.0 Å². The van der Waals surface area contributed by atoms with Gasteiger partial charge in [-0.15, -0.1) is 0 Å². The molecular formula is C14H15F3N2O2. The molecule has 1 rings (SSSR count). The van der Waals surface area contributed by atoms with Gasteiger partial charge in [-0.1, -0.05) is 0 Å². The molecule has 7 heteroatoms. The van der Waals surface area contributed by atoms with Crippen LogP contribution in [0.2, 0.25) is 0 Å². The number of aromatic carboxylic acids is 1. The van der Waals surface area contributed by atoms with Gasteiger partial charge in [-0.25, -0.2) is 4.79 Å². The normalized spacial score (nSPS) is 11.3. The van der Waals surface area contributed by atoms with Crippen LogP contribution in [0.25, 0.3) is 0 Å². The number of benzene rings is 1. The second-order valence-corrected chi connectivity index (χ2v) is 4.73. The number of hydrogen-bond acceptors (Lipinski definition) is 3. The molecule has 0 bridgehead atoms. The van der Waals surface area contributed by atoms with Gasteiger partial charge in [0.1, 0.15) is 0 Å². The van der Waals surface area contributed by atoms with E-state index in [0.717, 1.165) is 12.1 Å². The zero-order valence-corrected chi connectivity index (χ0v) is 11.6. The van der Waals surface area contributed by atoms with Gasteiger partial charge in [-0.05, 0) is 32.0 Å². The monoisotopic (exact) mass is 300 g/mol. The predicted molar refractivity (Wildman–Crippen MR) is 71.1 cm³/mol. The Morgan fingerprint density at radius 1 is 1.43 bits per heavy atom. The molecule has 0 aromatic heterocycles. The fourth-order valence-corrected chi connectivity index (χ4v) is 1.97. The van der Waals surface area contributed by atoms with Gasteiger partial charge in [0.25, 0.3) is 0 Å². The van der Waals surface area contributed by atoms with E-state index in [-0.39, 0.29) is 24.7 Å². The molecule has 0 saturated carbocycles. The summed E-state index contributed by atoms with van der Waals surface area (Å²) in [5.74, 6) is -1.42. The van der Waals surface area contributed by atoms with E-state index >= 15 is 0 Å². The second-order valence-electron chi connectivity index (χ2n) is 4.73. The molecule has 0 spiro atoms. The molecule has 114 valence electrons. The Kier molecular flexibility index (Phi) is 5.19. The molecule has 0 radical (unpaired) electrons. The van der Waals surface area contributed by atoms with Crippen molar-refractivity contribution >= 4 is 11.7 Å². The Balaban J connectivity index is 3.39. The van der Waals surface area contributed by atoms with Crippen LogP contribution in [0, 0.1) is 11.3 Å². The number of nitrogens with zero attached hydrogens (tertiary/aromatic N) is 2. The van der Waals surface area contributed by atoms with Crippen molar-refractivity contribution in [1.82, 2.24) is 0 Å². The molecule has 0 aliphatic rings. The predicted octanol–water partition coefficient (Wildman–Crippen LogP) is 3.53. The number of carboxylic acid groups (broad SMARTS) is 1. The van der Waals surface area contributed by atoms with Gasteiger partial charge in [-0.3, -0.25) is 0 Å².